The fraction of sp³-hybridized carbons (Fsp3) is 0.333. The number of methoxy groups -OCH3 is 3. The highest BCUT2D eigenvalue weighted by atomic mass is 32.2. The van der Waals surface area contributed by atoms with Gasteiger partial charge in [-0.05, 0) is 42.7 Å². The first-order valence-electron chi connectivity index (χ1n) is 7.85. The van der Waals surface area contributed by atoms with Crippen molar-refractivity contribution in [3.05, 3.63) is 48.0 Å². The second-order valence-electron chi connectivity index (χ2n) is 5.35. The van der Waals surface area contributed by atoms with Crippen LogP contribution in [-0.4, -0.2) is 36.3 Å². The molecule has 0 amide bonds. The summed E-state index contributed by atoms with van der Waals surface area (Å²) < 4.78 is 42.9. The Hall–Kier alpha value is -2.25. The number of hydrogen-bond donors (Lipinski definition) is 1. The summed E-state index contributed by atoms with van der Waals surface area (Å²) in [5.74, 6) is 1.71. The molecule has 0 unspecified atom stereocenters. The molecule has 0 aromatic heterocycles. The third-order valence-corrected chi connectivity index (χ3v) is 5.19. The third-order valence-electron chi connectivity index (χ3n) is 3.71. The number of nitrogens with one attached hydrogen (secondary N) is 1. The van der Waals surface area contributed by atoms with Gasteiger partial charge in [-0.15, -0.1) is 0 Å². The van der Waals surface area contributed by atoms with Crippen molar-refractivity contribution in [2.45, 2.75) is 17.7 Å². The molecule has 1 N–H and O–H groups in total. The summed E-state index contributed by atoms with van der Waals surface area (Å²) in [6.45, 7) is 0.341. The van der Waals surface area contributed by atoms with E-state index in [2.05, 4.69) is 4.72 Å². The summed E-state index contributed by atoms with van der Waals surface area (Å²) in [6, 6.07) is 12.1. The van der Waals surface area contributed by atoms with Crippen molar-refractivity contribution >= 4 is 10.0 Å². The van der Waals surface area contributed by atoms with Gasteiger partial charge in [-0.3, -0.25) is 0 Å². The lowest BCUT2D eigenvalue weighted by molar-refractivity contribution is 0.323. The van der Waals surface area contributed by atoms with Crippen molar-refractivity contribution in [1.29, 1.82) is 0 Å². The van der Waals surface area contributed by atoms with Gasteiger partial charge < -0.3 is 14.2 Å². The fourth-order valence-corrected chi connectivity index (χ4v) is 3.56. The molecule has 0 heterocycles. The second kappa shape index (κ2) is 8.73. The zero-order chi connectivity index (χ0) is 18.3. The summed E-state index contributed by atoms with van der Waals surface area (Å²) in [5.41, 5.74) is 0.980. The lowest BCUT2D eigenvalue weighted by Crippen LogP contribution is -2.25. The molecule has 2 aromatic rings. The summed E-state index contributed by atoms with van der Waals surface area (Å²) >= 11 is 0. The predicted octanol–water partition coefficient (Wildman–Crippen LogP) is 2.62. The normalized spacial score (nSPS) is 11.2. The molecule has 0 radical (unpaired) electrons. The largest absolute Gasteiger partial charge is 0.493 e. The van der Waals surface area contributed by atoms with E-state index in [0.717, 1.165) is 5.56 Å². The van der Waals surface area contributed by atoms with Crippen LogP contribution in [0.2, 0.25) is 0 Å². The minimum absolute atomic E-state index is 0.266. The van der Waals surface area contributed by atoms with Crippen molar-refractivity contribution in [2.75, 3.05) is 27.9 Å². The average molecular weight is 365 g/mol. The van der Waals surface area contributed by atoms with Gasteiger partial charge in [0.2, 0.25) is 15.8 Å². The van der Waals surface area contributed by atoms with E-state index in [4.69, 9.17) is 14.2 Å². The van der Waals surface area contributed by atoms with Crippen LogP contribution >= 0.6 is 0 Å². The van der Waals surface area contributed by atoms with Gasteiger partial charge in [0.05, 0.1) is 26.2 Å². The van der Waals surface area contributed by atoms with Gasteiger partial charge in [0, 0.05) is 6.54 Å². The summed E-state index contributed by atoms with van der Waals surface area (Å²) in [7, 11) is 1.21. The Morgan fingerprint density at radius 3 is 2.04 bits per heavy atom. The zero-order valence-corrected chi connectivity index (χ0v) is 15.4. The van der Waals surface area contributed by atoms with E-state index in [1.54, 1.807) is 51.7 Å². The van der Waals surface area contributed by atoms with Crippen molar-refractivity contribution in [3.8, 4) is 17.2 Å². The number of ether oxygens (including phenoxy) is 3. The Labute approximate surface area is 148 Å². The Morgan fingerprint density at radius 1 is 0.920 bits per heavy atom. The topological polar surface area (TPSA) is 73.9 Å². The molecule has 0 aliphatic carbocycles. The van der Waals surface area contributed by atoms with Gasteiger partial charge in [-0.2, -0.15) is 0 Å². The standard InChI is InChI=1S/C18H23NO5S/c1-22-16-12-14(13-17(23-2)18(16)24-3)8-7-11-19-25(20,21)15-9-5-4-6-10-15/h4-6,9-10,12-13,19H,7-8,11H2,1-3H3. The number of sulfonamides is 1. The van der Waals surface area contributed by atoms with Crippen LogP contribution in [0.4, 0.5) is 0 Å². The van der Waals surface area contributed by atoms with Crippen LogP contribution in [0.25, 0.3) is 0 Å². The Morgan fingerprint density at radius 2 is 1.52 bits per heavy atom. The van der Waals surface area contributed by atoms with Crippen LogP contribution < -0.4 is 18.9 Å². The Kier molecular flexibility index (Phi) is 6.66. The van der Waals surface area contributed by atoms with Crippen molar-refractivity contribution in [3.63, 3.8) is 0 Å². The molecule has 0 saturated carbocycles. The van der Waals surface area contributed by atoms with E-state index in [0.29, 0.717) is 36.6 Å². The Bertz CT molecular complexity index is 765. The number of aryl methyl sites for hydroxylation is 1. The van der Waals surface area contributed by atoms with E-state index in [9.17, 15) is 8.42 Å². The monoisotopic (exact) mass is 365 g/mol. The van der Waals surface area contributed by atoms with Crippen LogP contribution in [0.1, 0.15) is 12.0 Å². The maximum absolute atomic E-state index is 12.2. The van der Waals surface area contributed by atoms with E-state index >= 15 is 0 Å². The number of hydrogen-bond acceptors (Lipinski definition) is 5. The minimum atomic E-state index is -3.47. The molecule has 2 rings (SSSR count). The summed E-state index contributed by atoms with van der Waals surface area (Å²) in [6.07, 6.45) is 1.32. The highest BCUT2D eigenvalue weighted by molar-refractivity contribution is 7.89. The van der Waals surface area contributed by atoms with Gasteiger partial charge in [0.15, 0.2) is 11.5 Å². The summed E-state index contributed by atoms with van der Waals surface area (Å²) in [4.78, 5) is 0.266. The zero-order valence-electron chi connectivity index (χ0n) is 14.6. The first-order valence-corrected chi connectivity index (χ1v) is 9.33. The lowest BCUT2D eigenvalue weighted by Gasteiger charge is -2.14. The molecule has 25 heavy (non-hydrogen) atoms. The highest BCUT2D eigenvalue weighted by Crippen LogP contribution is 2.38. The van der Waals surface area contributed by atoms with Crippen LogP contribution in [0.15, 0.2) is 47.4 Å². The SMILES string of the molecule is COc1cc(CCCNS(=O)(=O)c2ccccc2)cc(OC)c1OC. The van der Waals surface area contributed by atoms with Crippen LogP contribution in [0.3, 0.4) is 0 Å². The van der Waals surface area contributed by atoms with E-state index in [1.165, 1.54) is 0 Å². The molecule has 0 aliphatic heterocycles. The third kappa shape index (κ3) is 4.87. The van der Waals surface area contributed by atoms with Gasteiger partial charge in [-0.25, -0.2) is 13.1 Å². The fourth-order valence-electron chi connectivity index (χ4n) is 2.46. The number of benzene rings is 2. The molecule has 0 atom stereocenters. The summed E-state index contributed by atoms with van der Waals surface area (Å²) in [5, 5.41) is 0. The molecule has 0 spiro atoms. The molecule has 0 saturated heterocycles. The Balaban J connectivity index is 1.98. The van der Waals surface area contributed by atoms with Crippen LogP contribution in [0.5, 0.6) is 17.2 Å². The molecule has 2 aromatic carbocycles. The first kappa shape index (κ1) is 19.1. The maximum atomic E-state index is 12.2. The quantitative estimate of drug-likeness (QED) is 0.692. The smallest absolute Gasteiger partial charge is 0.240 e. The van der Waals surface area contributed by atoms with Gasteiger partial charge in [0.25, 0.3) is 0 Å². The van der Waals surface area contributed by atoms with Crippen molar-refractivity contribution in [1.82, 2.24) is 4.72 Å². The molecule has 0 bridgehead atoms. The van der Waals surface area contributed by atoms with Crippen molar-refractivity contribution in [2.24, 2.45) is 0 Å². The van der Waals surface area contributed by atoms with E-state index in [1.807, 2.05) is 12.1 Å². The second-order valence-corrected chi connectivity index (χ2v) is 7.11. The van der Waals surface area contributed by atoms with Gasteiger partial charge in [0.1, 0.15) is 0 Å². The van der Waals surface area contributed by atoms with Crippen LogP contribution in [0, 0.1) is 0 Å². The van der Waals surface area contributed by atoms with Gasteiger partial charge in [-0.1, -0.05) is 18.2 Å². The van der Waals surface area contributed by atoms with Crippen molar-refractivity contribution < 1.29 is 22.6 Å². The van der Waals surface area contributed by atoms with E-state index < -0.39 is 10.0 Å². The van der Waals surface area contributed by atoms with Gasteiger partial charge >= 0.3 is 0 Å². The molecule has 0 aliphatic rings. The number of rotatable bonds is 9. The minimum Gasteiger partial charge on any atom is -0.493 e. The molecule has 136 valence electrons. The molecule has 0 fully saturated rings. The van der Waals surface area contributed by atoms with E-state index in [-0.39, 0.29) is 4.90 Å². The lowest BCUT2D eigenvalue weighted by atomic mass is 10.1. The first-order chi connectivity index (χ1) is 12.0. The molecular formula is C18H23NO5S. The highest BCUT2D eigenvalue weighted by Gasteiger charge is 2.14. The molecule has 6 nitrogen and oxygen atoms in total. The molecule has 7 heteroatoms. The molecular weight excluding hydrogens is 342 g/mol. The average Bonchev–Trinajstić information content (AvgIpc) is 2.65. The predicted molar refractivity (Wildman–Crippen MR) is 96.0 cm³/mol. The van der Waals surface area contributed by atoms with Crippen LogP contribution in [-0.2, 0) is 16.4 Å². The maximum Gasteiger partial charge on any atom is 0.240 e.